The molecule has 0 unspecified atom stereocenters. The second-order valence-electron chi connectivity index (χ2n) is 10.5. The summed E-state index contributed by atoms with van der Waals surface area (Å²) < 4.78 is 36.1. The molecule has 0 saturated heterocycles. The Hall–Kier alpha value is -4.93. The number of hydrogen-bond acceptors (Lipinski definition) is 9. The Morgan fingerprint density at radius 3 is 2.78 bits per heavy atom. The van der Waals surface area contributed by atoms with Crippen LogP contribution in [0.5, 0.6) is 5.75 Å². The molecule has 0 aliphatic carbocycles. The van der Waals surface area contributed by atoms with E-state index in [1.165, 1.54) is 6.07 Å². The molecule has 242 valence electrons. The number of fused-ring (bicyclic) bond motifs is 1. The van der Waals surface area contributed by atoms with E-state index in [-0.39, 0.29) is 40.1 Å². The number of aliphatic carboxylic acids is 1. The van der Waals surface area contributed by atoms with E-state index >= 15 is 0 Å². The van der Waals surface area contributed by atoms with E-state index in [9.17, 15) is 23.1 Å². The van der Waals surface area contributed by atoms with Crippen molar-refractivity contribution < 1.29 is 27.9 Å². The number of carboxylic acids is 1. The van der Waals surface area contributed by atoms with Gasteiger partial charge < -0.3 is 36.5 Å². The molecular formula is C30H34N8O6S2. The molecule has 2 aromatic carbocycles. The minimum absolute atomic E-state index is 0.0124. The van der Waals surface area contributed by atoms with Gasteiger partial charge in [0, 0.05) is 31.9 Å². The number of guanidine groups is 1. The molecule has 1 aliphatic rings. The highest BCUT2D eigenvalue weighted by atomic mass is 32.2. The number of nitrogens with two attached hydrogens (primary N) is 1. The van der Waals surface area contributed by atoms with Gasteiger partial charge in [0.1, 0.15) is 27.4 Å². The van der Waals surface area contributed by atoms with Crippen molar-refractivity contribution in [3.63, 3.8) is 0 Å². The number of thiophene rings is 1. The van der Waals surface area contributed by atoms with E-state index < -0.39 is 27.9 Å². The fraction of sp³-hybridized carbons (Fsp3) is 0.267. The number of carbonyl (C=O) groups is 2. The quantitative estimate of drug-likeness (QED) is 0.0526. The molecule has 1 aliphatic heterocycles. The van der Waals surface area contributed by atoms with Gasteiger partial charge in [-0.3, -0.25) is 14.9 Å². The molecule has 0 fully saturated rings. The average molecular weight is 667 g/mol. The summed E-state index contributed by atoms with van der Waals surface area (Å²) in [5.74, 6) is -1.15. The third-order valence-electron chi connectivity index (χ3n) is 7.23. The number of sulfonamides is 1. The number of anilines is 1. The highest BCUT2D eigenvalue weighted by Gasteiger charge is 2.30. The molecule has 5 rings (SSSR count). The topological polar surface area (TPSA) is 224 Å². The zero-order valence-electron chi connectivity index (χ0n) is 24.6. The Kier molecular flexibility index (Phi) is 10.2. The van der Waals surface area contributed by atoms with Crippen LogP contribution in [0.4, 0.5) is 5.69 Å². The molecular weight excluding hydrogens is 633 g/mol. The third kappa shape index (κ3) is 7.82. The van der Waals surface area contributed by atoms with Gasteiger partial charge in [-0.1, -0.05) is 24.3 Å². The van der Waals surface area contributed by atoms with Crippen LogP contribution in [0, 0.1) is 5.41 Å². The van der Waals surface area contributed by atoms with Crippen molar-refractivity contribution >= 4 is 44.9 Å². The second-order valence-corrected chi connectivity index (χ2v) is 13.0. The monoisotopic (exact) mass is 666 g/mol. The van der Waals surface area contributed by atoms with Gasteiger partial charge in [-0.15, -0.1) is 11.3 Å². The van der Waals surface area contributed by atoms with Crippen molar-refractivity contribution in [2.75, 3.05) is 17.9 Å². The molecule has 2 aromatic heterocycles. The largest absolute Gasteiger partial charge is 0.492 e. The van der Waals surface area contributed by atoms with Crippen molar-refractivity contribution in [2.24, 2.45) is 5.73 Å². The lowest BCUT2D eigenvalue weighted by molar-refractivity contribution is -0.139. The van der Waals surface area contributed by atoms with E-state index in [0.717, 1.165) is 33.9 Å². The van der Waals surface area contributed by atoms with Gasteiger partial charge in [-0.2, -0.15) is 0 Å². The highest BCUT2D eigenvalue weighted by Crippen LogP contribution is 2.39. The van der Waals surface area contributed by atoms with E-state index in [2.05, 4.69) is 30.6 Å². The van der Waals surface area contributed by atoms with Crippen molar-refractivity contribution in [1.82, 2.24) is 25.9 Å². The Morgan fingerprint density at radius 1 is 1.20 bits per heavy atom. The van der Waals surface area contributed by atoms with Crippen molar-refractivity contribution in [3.05, 3.63) is 82.1 Å². The predicted octanol–water partition coefficient (Wildman–Crippen LogP) is 2.61. The van der Waals surface area contributed by atoms with E-state index in [0.29, 0.717) is 38.1 Å². The molecule has 0 bridgehead atoms. The van der Waals surface area contributed by atoms with Crippen LogP contribution < -0.4 is 31.1 Å². The number of hydrogen-bond donors (Lipinski definition) is 8. The Labute approximate surface area is 269 Å². The number of carbonyl (C=O) groups excluding carboxylic acids is 1. The predicted molar refractivity (Wildman–Crippen MR) is 173 cm³/mol. The number of carboxylic acid groups (broad SMARTS) is 1. The first-order chi connectivity index (χ1) is 22.1. The standard InChI is InChI=1S/C30H34N8O6S2/c31-30(32)36-9-3-6-23(29(40)41)37-28(39)27-22(8-13-45-27)38-46(42,43)24-15-20(14-18-7-12-44-26(18)24)21-5-2-1-4-19(21)16-33-17-25-34-10-11-35-25/h1-2,4-5,8,10-11,13-15,23,33,38H,3,6-7,9,12,16-17H2,(H,34,35)(H,37,39)(H,40,41)(H4,31,32,36)/t23-/m0/s1. The summed E-state index contributed by atoms with van der Waals surface area (Å²) in [5, 5.41) is 26.8. The molecule has 1 atom stereocenters. The van der Waals surface area contributed by atoms with Crippen LogP contribution >= 0.6 is 11.3 Å². The number of nitrogens with one attached hydrogen (secondary N) is 6. The van der Waals surface area contributed by atoms with Crippen molar-refractivity contribution in [2.45, 2.75) is 43.3 Å². The van der Waals surface area contributed by atoms with Gasteiger partial charge in [0.25, 0.3) is 15.9 Å². The first-order valence-electron chi connectivity index (χ1n) is 14.4. The van der Waals surface area contributed by atoms with Crippen LogP contribution in [-0.4, -0.2) is 60.5 Å². The zero-order valence-corrected chi connectivity index (χ0v) is 26.3. The van der Waals surface area contributed by atoms with Crippen LogP contribution in [0.1, 0.15) is 39.5 Å². The number of aromatic amines is 1. The number of rotatable bonds is 15. The van der Waals surface area contributed by atoms with Gasteiger partial charge >= 0.3 is 5.97 Å². The summed E-state index contributed by atoms with van der Waals surface area (Å²) in [5.41, 5.74) is 8.54. The van der Waals surface area contributed by atoms with Crippen molar-refractivity contribution in [3.8, 4) is 16.9 Å². The molecule has 0 spiro atoms. The highest BCUT2D eigenvalue weighted by molar-refractivity contribution is 7.92. The summed E-state index contributed by atoms with van der Waals surface area (Å²) in [6, 6.07) is 11.5. The molecule has 3 heterocycles. The van der Waals surface area contributed by atoms with Gasteiger partial charge in [0.05, 0.1) is 18.8 Å². The number of imidazole rings is 1. The summed E-state index contributed by atoms with van der Waals surface area (Å²) >= 11 is 0.980. The number of benzene rings is 2. The normalized spacial score (nSPS) is 13.0. The van der Waals surface area contributed by atoms with Gasteiger partial charge in [0.15, 0.2) is 5.96 Å². The summed E-state index contributed by atoms with van der Waals surface area (Å²) in [6.07, 6.45) is 4.37. The minimum Gasteiger partial charge on any atom is -0.492 e. The average Bonchev–Trinajstić information content (AvgIpc) is 3.80. The van der Waals surface area contributed by atoms with Crippen LogP contribution in [0.3, 0.4) is 0 Å². The Bertz CT molecular complexity index is 1820. The van der Waals surface area contributed by atoms with Crippen LogP contribution in [0.25, 0.3) is 11.1 Å². The fourth-order valence-electron chi connectivity index (χ4n) is 5.07. The molecule has 46 heavy (non-hydrogen) atoms. The first kappa shape index (κ1) is 32.5. The molecule has 1 amide bonds. The van der Waals surface area contributed by atoms with Crippen LogP contribution in [0.15, 0.2) is 65.1 Å². The molecule has 14 nitrogen and oxygen atoms in total. The third-order valence-corrected chi connectivity index (χ3v) is 9.52. The number of amides is 1. The van der Waals surface area contributed by atoms with Crippen LogP contribution in [-0.2, 0) is 34.3 Å². The maximum Gasteiger partial charge on any atom is 0.326 e. The van der Waals surface area contributed by atoms with E-state index in [4.69, 9.17) is 15.9 Å². The lowest BCUT2D eigenvalue weighted by atomic mass is 9.97. The number of nitrogens with zero attached hydrogens (tertiary/aromatic N) is 1. The number of aromatic nitrogens is 2. The number of ether oxygens (including phenoxy) is 1. The molecule has 16 heteroatoms. The molecule has 4 aromatic rings. The van der Waals surface area contributed by atoms with Crippen LogP contribution in [0.2, 0.25) is 0 Å². The maximum absolute atomic E-state index is 13.9. The van der Waals surface area contributed by atoms with E-state index in [1.54, 1.807) is 23.8 Å². The summed E-state index contributed by atoms with van der Waals surface area (Å²) in [6.45, 7) is 1.64. The molecule has 0 saturated carbocycles. The Balaban J connectivity index is 1.36. The number of H-pyrrole nitrogens is 1. The van der Waals surface area contributed by atoms with Gasteiger partial charge in [-0.25, -0.2) is 18.2 Å². The second kappa shape index (κ2) is 14.4. The Morgan fingerprint density at radius 2 is 2.02 bits per heavy atom. The lowest BCUT2D eigenvalue weighted by Crippen LogP contribution is -2.41. The van der Waals surface area contributed by atoms with Gasteiger partial charge in [-0.05, 0) is 58.7 Å². The smallest absolute Gasteiger partial charge is 0.326 e. The molecule has 9 N–H and O–H groups in total. The molecule has 0 radical (unpaired) electrons. The summed E-state index contributed by atoms with van der Waals surface area (Å²) in [7, 11) is -4.26. The fourth-order valence-corrected chi connectivity index (χ4v) is 7.17. The zero-order chi connectivity index (χ0) is 32.7. The van der Waals surface area contributed by atoms with E-state index in [1.807, 2.05) is 30.3 Å². The first-order valence-corrected chi connectivity index (χ1v) is 16.8. The minimum atomic E-state index is -4.26. The summed E-state index contributed by atoms with van der Waals surface area (Å²) in [4.78, 5) is 32.2. The SMILES string of the molecule is N=C(N)NCCC[C@H](NC(=O)c1sccc1NS(=O)(=O)c1cc(-c2ccccc2CNCc2ncc[nH]2)cc2c1OCC2)C(=O)O. The maximum atomic E-state index is 13.9. The lowest BCUT2D eigenvalue weighted by Gasteiger charge is -2.17. The van der Waals surface area contributed by atoms with Gasteiger partial charge in [0.2, 0.25) is 0 Å². The van der Waals surface area contributed by atoms with Crippen molar-refractivity contribution in [1.29, 1.82) is 5.41 Å².